The number of nitrogens with zero attached hydrogens (tertiary/aromatic N) is 1. The van der Waals surface area contributed by atoms with Crippen molar-refractivity contribution in [2.75, 3.05) is 19.8 Å². The lowest BCUT2D eigenvalue weighted by atomic mass is 9.80. The van der Waals surface area contributed by atoms with Gasteiger partial charge in [-0.1, -0.05) is 18.2 Å². The van der Waals surface area contributed by atoms with Gasteiger partial charge in [0.1, 0.15) is 0 Å². The second-order valence-corrected chi connectivity index (χ2v) is 5.50. The summed E-state index contributed by atoms with van der Waals surface area (Å²) >= 11 is 0. The summed E-state index contributed by atoms with van der Waals surface area (Å²) in [6.45, 7) is 0.868. The molecule has 1 aliphatic rings. The van der Waals surface area contributed by atoms with Crippen LogP contribution in [-0.2, 0) is 9.53 Å². The molecule has 3 rings (SSSR count). The fraction of sp³-hybridized carbons (Fsp3) is 0.400. The first-order valence-corrected chi connectivity index (χ1v) is 7.15. The molecular weight excluding hydrogens is 286 g/mol. The summed E-state index contributed by atoms with van der Waals surface area (Å²) in [4.78, 5) is 23.9. The third-order valence-corrected chi connectivity index (χ3v) is 4.18. The minimum Gasteiger partial charge on any atom is -0.481 e. The predicted octanol–water partition coefficient (Wildman–Crippen LogP) is 1.17. The maximum atomic E-state index is 12.3. The van der Waals surface area contributed by atoms with E-state index in [0.717, 1.165) is 10.9 Å². The van der Waals surface area contributed by atoms with Crippen molar-refractivity contribution >= 4 is 22.8 Å². The van der Waals surface area contributed by atoms with Gasteiger partial charge in [0, 0.05) is 25.1 Å². The first kappa shape index (κ1) is 14.5. The summed E-state index contributed by atoms with van der Waals surface area (Å²) in [7, 11) is 0. The second kappa shape index (κ2) is 5.76. The molecule has 0 bridgehead atoms. The predicted molar refractivity (Wildman–Crippen MR) is 78.5 cm³/mol. The molecule has 1 amide bonds. The van der Waals surface area contributed by atoms with E-state index >= 15 is 0 Å². The van der Waals surface area contributed by atoms with E-state index in [4.69, 9.17) is 4.74 Å². The summed E-state index contributed by atoms with van der Waals surface area (Å²) < 4.78 is 5.22. The minimum absolute atomic E-state index is 0.0751. The van der Waals surface area contributed by atoms with E-state index in [-0.39, 0.29) is 18.1 Å². The van der Waals surface area contributed by atoms with Crippen LogP contribution in [0.5, 0.6) is 0 Å². The highest BCUT2D eigenvalue weighted by Gasteiger charge is 2.40. The molecule has 0 spiro atoms. The molecule has 0 saturated carbocycles. The zero-order valence-electron chi connectivity index (χ0n) is 12.0. The maximum Gasteiger partial charge on any atom is 0.311 e. The summed E-state index contributed by atoms with van der Waals surface area (Å²) in [6.07, 6.45) is 0.786. The van der Waals surface area contributed by atoms with Crippen LogP contribution in [0.3, 0.4) is 0 Å². The molecule has 1 saturated heterocycles. The average molecular weight is 303 g/mol. The Bertz CT molecular complexity index is 704. The molecule has 1 aromatic carbocycles. The number of carbonyl (C=O) groups is 2. The van der Waals surface area contributed by atoms with Crippen LogP contribution < -0.4 is 5.32 Å². The van der Waals surface area contributed by atoms with E-state index < -0.39 is 11.4 Å². The van der Waals surface area contributed by atoms with Gasteiger partial charge in [-0.05, 0) is 18.9 Å². The Balaban J connectivity index is 1.75. The van der Waals surface area contributed by atoms with Gasteiger partial charge in [-0.2, -0.15) is 5.10 Å². The van der Waals surface area contributed by atoms with Crippen LogP contribution in [-0.4, -0.2) is 46.9 Å². The Morgan fingerprint density at radius 2 is 2.05 bits per heavy atom. The molecule has 3 N–H and O–H groups in total. The molecule has 116 valence electrons. The van der Waals surface area contributed by atoms with Crippen LogP contribution >= 0.6 is 0 Å². The van der Waals surface area contributed by atoms with Crippen molar-refractivity contribution in [1.82, 2.24) is 15.5 Å². The third kappa shape index (κ3) is 2.55. The van der Waals surface area contributed by atoms with Gasteiger partial charge in [0.15, 0.2) is 5.69 Å². The summed E-state index contributed by atoms with van der Waals surface area (Å²) in [5, 5.41) is 19.7. The number of hydrogen-bond donors (Lipinski definition) is 3. The highest BCUT2D eigenvalue weighted by atomic mass is 16.5. The number of amides is 1. The SMILES string of the molecule is O=C(NCC1(C(=O)O)CCOCC1)c1n[nH]c2ccccc12. The Morgan fingerprint density at radius 3 is 2.77 bits per heavy atom. The molecule has 1 aliphatic heterocycles. The molecular formula is C15H17N3O4. The number of carboxylic acid groups (broad SMARTS) is 1. The molecule has 0 unspecified atom stereocenters. The van der Waals surface area contributed by atoms with Crippen LogP contribution in [0.25, 0.3) is 10.9 Å². The molecule has 1 fully saturated rings. The number of rotatable bonds is 4. The van der Waals surface area contributed by atoms with E-state index in [1.54, 1.807) is 6.07 Å². The molecule has 0 atom stereocenters. The van der Waals surface area contributed by atoms with E-state index in [1.807, 2.05) is 18.2 Å². The molecule has 1 aromatic heterocycles. The Morgan fingerprint density at radius 1 is 1.32 bits per heavy atom. The summed E-state index contributed by atoms with van der Waals surface area (Å²) in [5.74, 6) is -1.27. The van der Waals surface area contributed by atoms with Crippen molar-refractivity contribution in [2.45, 2.75) is 12.8 Å². The maximum absolute atomic E-state index is 12.3. The number of benzene rings is 1. The zero-order valence-corrected chi connectivity index (χ0v) is 12.0. The number of carboxylic acids is 1. The van der Waals surface area contributed by atoms with Gasteiger partial charge >= 0.3 is 5.97 Å². The lowest BCUT2D eigenvalue weighted by molar-refractivity contribution is -0.154. The lowest BCUT2D eigenvalue weighted by Crippen LogP contribution is -2.46. The Labute approximate surface area is 126 Å². The number of para-hydroxylation sites is 1. The van der Waals surface area contributed by atoms with Crippen LogP contribution in [0, 0.1) is 5.41 Å². The fourth-order valence-corrected chi connectivity index (χ4v) is 2.70. The molecule has 2 aromatic rings. The van der Waals surface area contributed by atoms with Gasteiger partial charge in [0.25, 0.3) is 5.91 Å². The Kier molecular flexibility index (Phi) is 3.81. The van der Waals surface area contributed by atoms with E-state index in [9.17, 15) is 14.7 Å². The van der Waals surface area contributed by atoms with Crippen LogP contribution in [0.1, 0.15) is 23.3 Å². The number of ether oxygens (including phenoxy) is 1. The van der Waals surface area contributed by atoms with E-state index in [2.05, 4.69) is 15.5 Å². The van der Waals surface area contributed by atoms with Crippen molar-refractivity contribution in [3.05, 3.63) is 30.0 Å². The fourth-order valence-electron chi connectivity index (χ4n) is 2.70. The highest BCUT2D eigenvalue weighted by molar-refractivity contribution is 6.04. The highest BCUT2D eigenvalue weighted by Crippen LogP contribution is 2.30. The molecule has 0 aliphatic carbocycles. The number of aromatic nitrogens is 2. The van der Waals surface area contributed by atoms with Crippen molar-refractivity contribution < 1.29 is 19.4 Å². The van der Waals surface area contributed by atoms with E-state index in [0.29, 0.717) is 26.1 Å². The zero-order chi connectivity index (χ0) is 15.6. The number of aromatic amines is 1. The molecule has 7 nitrogen and oxygen atoms in total. The average Bonchev–Trinajstić information content (AvgIpc) is 2.97. The van der Waals surface area contributed by atoms with Crippen LogP contribution in [0.15, 0.2) is 24.3 Å². The molecule has 22 heavy (non-hydrogen) atoms. The number of fused-ring (bicyclic) bond motifs is 1. The van der Waals surface area contributed by atoms with Crippen molar-refractivity contribution in [2.24, 2.45) is 5.41 Å². The van der Waals surface area contributed by atoms with Gasteiger partial charge in [0.05, 0.1) is 10.9 Å². The first-order valence-electron chi connectivity index (χ1n) is 7.15. The van der Waals surface area contributed by atoms with Gasteiger partial charge in [-0.25, -0.2) is 0 Å². The Hall–Kier alpha value is -2.41. The largest absolute Gasteiger partial charge is 0.481 e. The molecule has 0 radical (unpaired) electrons. The monoisotopic (exact) mass is 303 g/mol. The van der Waals surface area contributed by atoms with Gasteiger partial charge in [-0.3, -0.25) is 14.7 Å². The number of H-pyrrole nitrogens is 1. The van der Waals surface area contributed by atoms with Crippen molar-refractivity contribution in [1.29, 1.82) is 0 Å². The van der Waals surface area contributed by atoms with Gasteiger partial charge < -0.3 is 15.2 Å². The van der Waals surface area contributed by atoms with Crippen molar-refractivity contribution in [3.63, 3.8) is 0 Å². The molecule has 2 heterocycles. The number of nitrogens with one attached hydrogen (secondary N) is 2. The van der Waals surface area contributed by atoms with Crippen LogP contribution in [0.4, 0.5) is 0 Å². The smallest absolute Gasteiger partial charge is 0.311 e. The summed E-state index contributed by atoms with van der Waals surface area (Å²) in [6, 6.07) is 7.31. The second-order valence-electron chi connectivity index (χ2n) is 5.50. The first-order chi connectivity index (χ1) is 10.6. The van der Waals surface area contributed by atoms with Gasteiger partial charge in [0.2, 0.25) is 0 Å². The minimum atomic E-state index is -0.958. The normalized spacial score (nSPS) is 17.3. The quantitative estimate of drug-likeness (QED) is 0.786. The number of carbonyl (C=O) groups excluding carboxylic acids is 1. The molecule has 7 heteroatoms. The topological polar surface area (TPSA) is 104 Å². The van der Waals surface area contributed by atoms with Crippen LogP contribution in [0.2, 0.25) is 0 Å². The lowest BCUT2D eigenvalue weighted by Gasteiger charge is -2.33. The number of hydrogen-bond acceptors (Lipinski definition) is 4. The summed E-state index contributed by atoms with van der Waals surface area (Å²) in [5.41, 5.74) is 0.0925. The third-order valence-electron chi connectivity index (χ3n) is 4.18. The van der Waals surface area contributed by atoms with Crippen molar-refractivity contribution in [3.8, 4) is 0 Å². The van der Waals surface area contributed by atoms with Gasteiger partial charge in [-0.15, -0.1) is 0 Å². The van der Waals surface area contributed by atoms with E-state index in [1.165, 1.54) is 0 Å². The standard InChI is InChI=1S/C15H17N3O4/c19-13(12-10-3-1-2-4-11(10)17-18-12)16-9-15(14(20)21)5-7-22-8-6-15/h1-4H,5-9H2,(H,16,19)(H,17,18)(H,20,21). The number of aliphatic carboxylic acids is 1.